The van der Waals surface area contributed by atoms with Gasteiger partial charge in [0.15, 0.2) is 0 Å². The van der Waals surface area contributed by atoms with Crippen molar-refractivity contribution in [3.05, 3.63) is 57.7 Å². The quantitative estimate of drug-likeness (QED) is 0.938. The third-order valence-corrected chi connectivity index (χ3v) is 3.82. The standard InChI is InChI=1S/C16H14ClNO2/c17-13-6-4-11(5-7-13)10-18-9-8-12-2-1-3-14(15(12)18)16(19)20/h2,4-9H,1,3,10H2,(H,19,20). The zero-order valence-electron chi connectivity index (χ0n) is 10.8. The van der Waals surface area contributed by atoms with Crippen LogP contribution in [0.1, 0.15) is 18.4 Å². The van der Waals surface area contributed by atoms with Crippen molar-refractivity contribution in [3.8, 4) is 0 Å². The van der Waals surface area contributed by atoms with Crippen LogP contribution in [-0.4, -0.2) is 15.6 Å². The molecule has 102 valence electrons. The molecule has 4 heteroatoms. The number of aliphatic carboxylic acids is 1. The summed E-state index contributed by atoms with van der Waals surface area (Å²) in [5, 5.41) is 11.9. The molecule has 0 saturated heterocycles. The summed E-state index contributed by atoms with van der Waals surface area (Å²) in [5.74, 6) is -0.824. The van der Waals surface area contributed by atoms with Crippen LogP contribution in [0, 0.1) is 0 Å². The van der Waals surface area contributed by atoms with Crippen molar-refractivity contribution in [2.24, 2.45) is 0 Å². The first-order valence-electron chi connectivity index (χ1n) is 6.51. The van der Waals surface area contributed by atoms with Gasteiger partial charge in [0, 0.05) is 17.8 Å². The molecule has 0 radical (unpaired) electrons. The molecule has 0 bridgehead atoms. The number of fused-ring (bicyclic) bond motifs is 1. The van der Waals surface area contributed by atoms with Crippen LogP contribution in [0.15, 0.2) is 36.5 Å². The Kier molecular flexibility index (Phi) is 3.36. The van der Waals surface area contributed by atoms with Crippen molar-refractivity contribution >= 4 is 29.2 Å². The average Bonchev–Trinajstić information content (AvgIpc) is 2.84. The summed E-state index contributed by atoms with van der Waals surface area (Å²) in [7, 11) is 0. The summed E-state index contributed by atoms with van der Waals surface area (Å²) >= 11 is 5.88. The fourth-order valence-corrected chi connectivity index (χ4v) is 2.74. The van der Waals surface area contributed by atoms with Gasteiger partial charge in [-0.25, -0.2) is 4.79 Å². The van der Waals surface area contributed by atoms with Crippen molar-refractivity contribution in [2.45, 2.75) is 19.4 Å². The number of aromatic nitrogens is 1. The van der Waals surface area contributed by atoms with Gasteiger partial charge < -0.3 is 9.67 Å². The Balaban J connectivity index is 2.09. The molecule has 2 aromatic rings. The van der Waals surface area contributed by atoms with Gasteiger partial charge in [-0.15, -0.1) is 0 Å². The van der Waals surface area contributed by atoms with Crippen LogP contribution >= 0.6 is 11.6 Å². The number of carboxylic acid groups (broad SMARTS) is 1. The summed E-state index contributed by atoms with van der Waals surface area (Å²) in [5.41, 5.74) is 1.60. The molecule has 0 amide bonds. The number of carboxylic acids is 1. The van der Waals surface area contributed by atoms with Gasteiger partial charge in [0.2, 0.25) is 0 Å². The van der Waals surface area contributed by atoms with E-state index in [9.17, 15) is 9.90 Å². The maximum atomic E-state index is 11.4. The lowest BCUT2D eigenvalue weighted by molar-refractivity contribution is -0.130. The Labute approximate surface area is 121 Å². The van der Waals surface area contributed by atoms with Gasteiger partial charge in [-0.3, -0.25) is 0 Å². The predicted molar refractivity (Wildman–Crippen MR) is 79.0 cm³/mol. The van der Waals surface area contributed by atoms with Crippen LogP contribution in [0.4, 0.5) is 0 Å². The van der Waals surface area contributed by atoms with E-state index in [4.69, 9.17) is 11.6 Å². The lowest BCUT2D eigenvalue weighted by Crippen LogP contribution is -2.36. The maximum Gasteiger partial charge on any atom is 0.333 e. The molecule has 3 nitrogen and oxygen atoms in total. The molecule has 0 aliphatic heterocycles. The number of rotatable bonds is 3. The highest BCUT2D eigenvalue weighted by molar-refractivity contribution is 6.30. The van der Waals surface area contributed by atoms with E-state index in [-0.39, 0.29) is 0 Å². The van der Waals surface area contributed by atoms with E-state index in [0.29, 0.717) is 23.6 Å². The molecule has 3 rings (SSSR count). The van der Waals surface area contributed by atoms with Crippen molar-refractivity contribution < 1.29 is 9.90 Å². The second kappa shape index (κ2) is 5.17. The van der Waals surface area contributed by atoms with Crippen molar-refractivity contribution in [1.82, 2.24) is 4.57 Å². The molecule has 0 atom stereocenters. The van der Waals surface area contributed by atoms with Crippen molar-refractivity contribution in [3.63, 3.8) is 0 Å². The minimum atomic E-state index is -0.824. The average molecular weight is 288 g/mol. The Bertz CT molecular complexity index is 772. The number of nitrogens with zero attached hydrogens (tertiary/aromatic N) is 1. The Hall–Kier alpha value is -2.00. The Morgan fingerprint density at radius 3 is 2.70 bits per heavy atom. The summed E-state index contributed by atoms with van der Waals surface area (Å²) in [6.45, 7) is 0.650. The summed E-state index contributed by atoms with van der Waals surface area (Å²) in [6.07, 6.45) is 5.43. The molecule has 1 N–H and O–H groups in total. The van der Waals surface area contributed by atoms with Gasteiger partial charge in [0.05, 0.1) is 10.9 Å². The van der Waals surface area contributed by atoms with Gasteiger partial charge in [0.25, 0.3) is 0 Å². The third-order valence-electron chi connectivity index (χ3n) is 3.56. The molecule has 1 aliphatic rings. The van der Waals surface area contributed by atoms with E-state index in [1.54, 1.807) is 0 Å². The number of hydrogen-bond donors (Lipinski definition) is 1. The highest BCUT2D eigenvalue weighted by Gasteiger charge is 2.14. The molecule has 0 unspecified atom stereocenters. The van der Waals surface area contributed by atoms with Crippen LogP contribution in [0.5, 0.6) is 0 Å². The first-order valence-corrected chi connectivity index (χ1v) is 6.89. The molecule has 0 spiro atoms. The largest absolute Gasteiger partial charge is 0.478 e. The minimum Gasteiger partial charge on any atom is -0.478 e. The zero-order chi connectivity index (χ0) is 14.1. The lowest BCUT2D eigenvalue weighted by Gasteiger charge is -2.09. The number of hydrogen-bond acceptors (Lipinski definition) is 1. The van der Waals surface area contributed by atoms with E-state index < -0.39 is 5.97 Å². The van der Waals surface area contributed by atoms with E-state index in [1.165, 1.54) is 0 Å². The number of carbonyl (C=O) groups is 1. The summed E-state index contributed by atoms with van der Waals surface area (Å²) < 4.78 is 2.00. The van der Waals surface area contributed by atoms with Crippen LogP contribution in [0.3, 0.4) is 0 Å². The van der Waals surface area contributed by atoms with E-state index >= 15 is 0 Å². The first kappa shape index (κ1) is 13.0. The molecule has 1 aliphatic carbocycles. The predicted octanol–water partition coefficient (Wildman–Crippen LogP) is 2.00. The first-order chi connectivity index (χ1) is 9.65. The molecule has 0 fully saturated rings. The van der Waals surface area contributed by atoms with Gasteiger partial charge in [0.1, 0.15) is 0 Å². The maximum absolute atomic E-state index is 11.4. The normalized spacial score (nSPS) is 13.8. The Morgan fingerprint density at radius 1 is 1.25 bits per heavy atom. The van der Waals surface area contributed by atoms with E-state index in [2.05, 4.69) is 6.08 Å². The fraction of sp³-hybridized carbons (Fsp3) is 0.188. The molecule has 1 heterocycles. The lowest BCUT2D eigenvalue weighted by atomic mass is 10.0. The van der Waals surface area contributed by atoms with Crippen LogP contribution in [-0.2, 0) is 11.3 Å². The van der Waals surface area contributed by atoms with Crippen LogP contribution in [0.25, 0.3) is 11.6 Å². The Morgan fingerprint density at radius 2 is 2.00 bits per heavy atom. The highest BCUT2D eigenvalue weighted by atomic mass is 35.5. The third kappa shape index (κ3) is 2.37. The van der Waals surface area contributed by atoms with Crippen LogP contribution in [0.2, 0.25) is 5.02 Å². The SMILES string of the molecule is O=C(O)C1=c2c(ccn2Cc2ccc(Cl)cc2)=CCC1. The van der Waals surface area contributed by atoms with E-state index in [0.717, 1.165) is 22.6 Å². The van der Waals surface area contributed by atoms with Gasteiger partial charge >= 0.3 is 5.97 Å². The van der Waals surface area contributed by atoms with Crippen molar-refractivity contribution in [1.29, 1.82) is 0 Å². The summed E-state index contributed by atoms with van der Waals surface area (Å²) in [6, 6.07) is 9.60. The molecule has 1 aromatic carbocycles. The van der Waals surface area contributed by atoms with Gasteiger partial charge in [-0.1, -0.05) is 29.8 Å². The molecule has 0 saturated carbocycles. The fourth-order valence-electron chi connectivity index (χ4n) is 2.62. The van der Waals surface area contributed by atoms with Crippen molar-refractivity contribution in [2.75, 3.05) is 0 Å². The molecular formula is C16H14ClNO2. The molecular weight excluding hydrogens is 274 g/mol. The van der Waals surface area contributed by atoms with E-state index in [1.807, 2.05) is 41.1 Å². The second-order valence-corrected chi connectivity index (χ2v) is 5.34. The highest BCUT2D eigenvalue weighted by Crippen LogP contribution is 2.11. The summed E-state index contributed by atoms with van der Waals surface area (Å²) in [4.78, 5) is 11.4. The smallest absolute Gasteiger partial charge is 0.333 e. The monoisotopic (exact) mass is 287 g/mol. The molecule has 20 heavy (non-hydrogen) atoms. The number of halogens is 1. The second-order valence-electron chi connectivity index (χ2n) is 4.90. The van der Waals surface area contributed by atoms with Gasteiger partial charge in [-0.2, -0.15) is 0 Å². The molecule has 1 aromatic heterocycles. The zero-order valence-corrected chi connectivity index (χ0v) is 11.6. The van der Waals surface area contributed by atoms with Crippen LogP contribution < -0.4 is 10.6 Å². The topological polar surface area (TPSA) is 42.2 Å². The minimum absolute atomic E-state index is 0.501. The van der Waals surface area contributed by atoms with Gasteiger partial charge in [-0.05, 0) is 41.8 Å². The number of benzene rings is 1.